The molecule has 0 unspecified atom stereocenters. The molecule has 25 heavy (non-hydrogen) atoms. The number of nitrogens with zero attached hydrogens (tertiary/aromatic N) is 4. The Kier molecular flexibility index (Phi) is 4.69. The molecule has 0 radical (unpaired) electrons. The molecule has 2 heterocycles. The van der Waals surface area contributed by atoms with Gasteiger partial charge in [0.2, 0.25) is 10.0 Å². The maximum Gasteiger partial charge on any atom is 0.254 e. The minimum Gasteiger partial charge on any atom is -0.369 e. The van der Waals surface area contributed by atoms with Gasteiger partial charge in [-0.25, -0.2) is 18.1 Å². The lowest BCUT2D eigenvalue weighted by molar-refractivity contribution is 0.582. The second-order valence-corrected chi connectivity index (χ2v) is 7.58. The summed E-state index contributed by atoms with van der Waals surface area (Å²) in [7, 11) is -3.54. The fraction of sp³-hybridized carbons (Fsp3) is 0.312. The first-order valence-corrected chi connectivity index (χ1v) is 9.33. The number of aromatic nitrogens is 4. The number of rotatable bonds is 6. The SMILES string of the molecule is Cc1ccc(C)c(S(=O)(=O)NCCNc2cc(C)nc3ncnn23)c1. The number of hydrogen-bond acceptors (Lipinski definition) is 6. The average molecular weight is 360 g/mol. The zero-order chi connectivity index (χ0) is 18.0. The topological polar surface area (TPSA) is 101 Å². The molecule has 8 nitrogen and oxygen atoms in total. The molecule has 0 aliphatic rings. The third-order valence-electron chi connectivity index (χ3n) is 3.74. The van der Waals surface area contributed by atoms with Gasteiger partial charge in [0.1, 0.15) is 12.1 Å². The van der Waals surface area contributed by atoms with Crippen molar-refractivity contribution in [2.45, 2.75) is 25.7 Å². The smallest absolute Gasteiger partial charge is 0.254 e. The second-order valence-electron chi connectivity index (χ2n) is 5.85. The van der Waals surface area contributed by atoms with Crippen LogP contribution in [0.3, 0.4) is 0 Å². The van der Waals surface area contributed by atoms with E-state index in [4.69, 9.17) is 0 Å². The van der Waals surface area contributed by atoms with Crippen LogP contribution in [-0.4, -0.2) is 41.1 Å². The summed E-state index contributed by atoms with van der Waals surface area (Å²) >= 11 is 0. The molecule has 1 aromatic carbocycles. The highest BCUT2D eigenvalue weighted by Crippen LogP contribution is 2.16. The lowest BCUT2D eigenvalue weighted by atomic mass is 10.2. The first kappa shape index (κ1) is 17.3. The number of benzene rings is 1. The molecule has 0 atom stereocenters. The molecule has 2 N–H and O–H groups in total. The Hall–Kier alpha value is -2.52. The molecule has 2 aromatic heterocycles. The average Bonchev–Trinajstić information content (AvgIpc) is 3.02. The second kappa shape index (κ2) is 6.77. The molecule has 0 fully saturated rings. The van der Waals surface area contributed by atoms with Gasteiger partial charge in [0.25, 0.3) is 5.78 Å². The van der Waals surface area contributed by atoms with Crippen molar-refractivity contribution in [3.63, 3.8) is 0 Å². The number of anilines is 1. The van der Waals surface area contributed by atoms with E-state index in [-0.39, 0.29) is 6.54 Å². The predicted octanol–water partition coefficient (Wildman–Crippen LogP) is 1.44. The van der Waals surface area contributed by atoms with E-state index in [9.17, 15) is 8.42 Å². The minimum absolute atomic E-state index is 0.243. The molecule has 0 aliphatic carbocycles. The summed E-state index contributed by atoms with van der Waals surface area (Å²) < 4.78 is 29.1. The van der Waals surface area contributed by atoms with Gasteiger partial charge in [-0.1, -0.05) is 12.1 Å². The minimum atomic E-state index is -3.54. The van der Waals surface area contributed by atoms with Crippen molar-refractivity contribution in [1.82, 2.24) is 24.3 Å². The molecule has 3 aromatic rings. The van der Waals surface area contributed by atoms with Crippen LogP contribution in [0.25, 0.3) is 5.78 Å². The molecule has 0 aliphatic heterocycles. The van der Waals surface area contributed by atoms with E-state index in [2.05, 4.69) is 25.1 Å². The van der Waals surface area contributed by atoms with Crippen LogP contribution in [0.5, 0.6) is 0 Å². The number of hydrogen-bond donors (Lipinski definition) is 2. The molecular formula is C16H20N6O2S. The van der Waals surface area contributed by atoms with Crippen LogP contribution in [0.4, 0.5) is 5.82 Å². The van der Waals surface area contributed by atoms with Gasteiger partial charge in [0.05, 0.1) is 4.90 Å². The Morgan fingerprint density at radius 3 is 2.72 bits per heavy atom. The summed E-state index contributed by atoms with van der Waals surface area (Å²) in [5, 5.41) is 7.26. The third kappa shape index (κ3) is 3.77. The van der Waals surface area contributed by atoms with Crippen LogP contribution in [-0.2, 0) is 10.0 Å². The summed E-state index contributed by atoms with van der Waals surface area (Å²) in [6.45, 7) is 6.17. The summed E-state index contributed by atoms with van der Waals surface area (Å²) in [5.41, 5.74) is 2.43. The van der Waals surface area contributed by atoms with Crippen LogP contribution in [0.2, 0.25) is 0 Å². The molecule has 0 spiro atoms. The standard InChI is InChI=1S/C16H20N6O2S/c1-11-4-5-12(2)14(8-11)25(23,24)20-7-6-17-15-9-13(3)21-16-18-10-19-22(15)16/h4-5,8-10,17,20H,6-7H2,1-3H3. The van der Waals surface area contributed by atoms with Gasteiger partial charge in [-0.15, -0.1) is 0 Å². The predicted molar refractivity (Wildman–Crippen MR) is 95.1 cm³/mol. The quantitative estimate of drug-likeness (QED) is 0.645. The van der Waals surface area contributed by atoms with E-state index in [1.54, 1.807) is 17.5 Å². The Labute approximate surface area is 146 Å². The molecule has 132 valence electrons. The molecule has 9 heteroatoms. The van der Waals surface area contributed by atoms with Gasteiger partial charge in [0.15, 0.2) is 0 Å². The number of aryl methyl sites for hydroxylation is 3. The monoisotopic (exact) mass is 360 g/mol. The van der Waals surface area contributed by atoms with Gasteiger partial charge in [-0.2, -0.15) is 14.6 Å². The number of nitrogens with one attached hydrogen (secondary N) is 2. The van der Waals surface area contributed by atoms with Gasteiger partial charge in [0, 0.05) is 24.8 Å². The van der Waals surface area contributed by atoms with Crippen molar-refractivity contribution >= 4 is 21.6 Å². The fourth-order valence-corrected chi connectivity index (χ4v) is 3.87. The first-order valence-electron chi connectivity index (χ1n) is 7.85. The normalized spacial score (nSPS) is 11.8. The molecule has 0 amide bonds. The summed E-state index contributed by atoms with van der Waals surface area (Å²) in [4.78, 5) is 8.62. The first-order chi connectivity index (χ1) is 11.9. The summed E-state index contributed by atoms with van der Waals surface area (Å²) in [6.07, 6.45) is 1.43. The van der Waals surface area contributed by atoms with Crippen molar-refractivity contribution in [2.75, 3.05) is 18.4 Å². The Morgan fingerprint density at radius 2 is 1.92 bits per heavy atom. The van der Waals surface area contributed by atoms with Gasteiger partial charge in [-0.05, 0) is 38.0 Å². The lowest BCUT2D eigenvalue weighted by Crippen LogP contribution is -2.29. The molecule has 0 bridgehead atoms. The molecule has 0 saturated carbocycles. The largest absolute Gasteiger partial charge is 0.369 e. The molecule has 3 rings (SSSR count). The van der Waals surface area contributed by atoms with Crippen LogP contribution >= 0.6 is 0 Å². The van der Waals surface area contributed by atoms with Crippen molar-refractivity contribution in [2.24, 2.45) is 0 Å². The van der Waals surface area contributed by atoms with Crippen molar-refractivity contribution in [3.8, 4) is 0 Å². The van der Waals surface area contributed by atoms with E-state index in [1.807, 2.05) is 32.0 Å². The Balaban J connectivity index is 1.66. The zero-order valence-electron chi connectivity index (χ0n) is 14.3. The summed E-state index contributed by atoms with van der Waals surface area (Å²) in [6, 6.07) is 7.21. The van der Waals surface area contributed by atoms with E-state index in [0.29, 0.717) is 23.0 Å². The van der Waals surface area contributed by atoms with E-state index < -0.39 is 10.0 Å². The summed E-state index contributed by atoms with van der Waals surface area (Å²) in [5.74, 6) is 1.21. The molecular weight excluding hydrogens is 340 g/mol. The third-order valence-corrected chi connectivity index (χ3v) is 5.34. The molecule has 0 saturated heterocycles. The number of sulfonamides is 1. The lowest BCUT2D eigenvalue weighted by Gasteiger charge is -2.12. The fourth-order valence-electron chi connectivity index (χ4n) is 2.51. The van der Waals surface area contributed by atoms with Crippen molar-refractivity contribution in [1.29, 1.82) is 0 Å². The van der Waals surface area contributed by atoms with Gasteiger partial charge in [-0.3, -0.25) is 0 Å². The highest BCUT2D eigenvalue weighted by Gasteiger charge is 2.16. The van der Waals surface area contributed by atoms with Crippen LogP contribution < -0.4 is 10.0 Å². The van der Waals surface area contributed by atoms with Crippen molar-refractivity contribution in [3.05, 3.63) is 47.4 Å². The number of fused-ring (bicyclic) bond motifs is 1. The van der Waals surface area contributed by atoms with E-state index >= 15 is 0 Å². The van der Waals surface area contributed by atoms with Crippen molar-refractivity contribution < 1.29 is 8.42 Å². The maximum absolute atomic E-state index is 12.5. The zero-order valence-corrected chi connectivity index (χ0v) is 15.1. The highest BCUT2D eigenvalue weighted by molar-refractivity contribution is 7.89. The van der Waals surface area contributed by atoms with E-state index in [1.165, 1.54) is 6.33 Å². The van der Waals surface area contributed by atoms with Gasteiger partial charge >= 0.3 is 0 Å². The van der Waals surface area contributed by atoms with Crippen LogP contribution in [0.1, 0.15) is 16.8 Å². The van der Waals surface area contributed by atoms with Crippen LogP contribution in [0.15, 0.2) is 35.5 Å². The Morgan fingerprint density at radius 1 is 1.12 bits per heavy atom. The van der Waals surface area contributed by atoms with Gasteiger partial charge < -0.3 is 5.32 Å². The Bertz CT molecular complexity index is 1010. The highest BCUT2D eigenvalue weighted by atomic mass is 32.2. The van der Waals surface area contributed by atoms with E-state index in [0.717, 1.165) is 16.8 Å². The maximum atomic E-state index is 12.5. The van der Waals surface area contributed by atoms with Crippen LogP contribution in [0, 0.1) is 20.8 Å².